The second kappa shape index (κ2) is 6.35. The van der Waals surface area contributed by atoms with Crippen LogP contribution in [0, 0.1) is 18.7 Å². The number of aryl methyl sites for hydroxylation is 1. The molecular formula is C16H23FN2O. The van der Waals surface area contributed by atoms with E-state index in [0.29, 0.717) is 24.6 Å². The first-order valence-corrected chi connectivity index (χ1v) is 7.35. The van der Waals surface area contributed by atoms with Gasteiger partial charge in [0.2, 0.25) is 0 Å². The molecule has 2 atom stereocenters. The Morgan fingerprint density at radius 1 is 1.40 bits per heavy atom. The first-order chi connectivity index (χ1) is 9.56. The van der Waals surface area contributed by atoms with Crippen LogP contribution in [-0.4, -0.2) is 29.9 Å². The van der Waals surface area contributed by atoms with E-state index in [-0.39, 0.29) is 17.8 Å². The van der Waals surface area contributed by atoms with Gasteiger partial charge in [-0.3, -0.25) is 4.79 Å². The average molecular weight is 278 g/mol. The van der Waals surface area contributed by atoms with Crippen molar-refractivity contribution < 1.29 is 9.18 Å². The minimum absolute atomic E-state index is 0.0829. The normalized spacial score (nSPS) is 22.0. The SMILES string of the molecule is CCN(C(=O)c1cc(C)cc(F)c1)C1CCCC1CN. The second-order valence-electron chi connectivity index (χ2n) is 5.60. The van der Waals surface area contributed by atoms with E-state index in [1.54, 1.807) is 13.0 Å². The first kappa shape index (κ1) is 15.0. The summed E-state index contributed by atoms with van der Waals surface area (Å²) in [5, 5.41) is 0. The van der Waals surface area contributed by atoms with Crippen LogP contribution in [-0.2, 0) is 0 Å². The molecule has 20 heavy (non-hydrogen) atoms. The molecule has 3 nitrogen and oxygen atoms in total. The molecule has 0 saturated heterocycles. The van der Waals surface area contributed by atoms with E-state index in [4.69, 9.17) is 5.73 Å². The van der Waals surface area contributed by atoms with Crippen molar-refractivity contribution in [2.24, 2.45) is 11.7 Å². The molecule has 0 spiro atoms. The fourth-order valence-corrected chi connectivity index (χ4v) is 3.26. The standard InChI is InChI=1S/C16H23FN2O/c1-3-19(15-6-4-5-12(15)10-18)16(20)13-7-11(2)8-14(17)9-13/h7-9,12,15H,3-6,10,18H2,1-2H3. The van der Waals surface area contributed by atoms with Gasteiger partial charge in [-0.1, -0.05) is 6.42 Å². The Kier molecular flexibility index (Phi) is 4.76. The van der Waals surface area contributed by atoms with E-state index in [0.717, 1.165) is 24.8 Å². The fourth-order valence-electron chi connectivity index (χ4n) is 3.26. The van der Waals surface area contributed by atoms with Crippen molar-refractivity contribution in [3.63, 3.8) is 0 Å². The van der Waals surface area contributed by atoms with Crippen LogP contribution in [0.5, 0.6) is 0 Å². The Hall–Kier alpha value is -1.42. The van der Waals surface area contributed by atoms with Crippen LogP contribution in [0.1, 0.15) is 42.1 Å². The minimum Gasteiger partial charge on any atom is -0.336 e. The van der Waals surface area contributed by atoms with Crippen LogP contribution in [0.4, 0.5) is 4.39 Å². The molecule has 0 heterocycles. The highest BCUT2D eigenvalue weighted by Gasteiger charge is 2.33. The summed E-state index contributed by atoms with van der Waals surface area (Å²) in [6, 6.07) is 4.71. The topological polar surface area (TPSA) is 46.3 Å². The largest absolute Gasteiger partial charge is 0.336 e. The molecule has 0 bridgehead atoms. The van der Waals surface area contributed by atoms with Crippen LogP contribution < -0.4 is 5.73 Å². The van der Waals surface area contributed by atoms with E-state index in [1.807, 2.05) is 11.8 Å². The molecule has 1 amide bonds. The van der Waals surface area contributed by atoms with Crippen molar-refractivity contribution in [3.05, 3.63) is 35.1 Å². The van der Waals surface area contributed by atoms with E-state index < -0.39 is 0 Å². The zero-order chi connectivity index (χ0) is 14.7. The van der Waals surface area contributed by atoms with Crippen LogP contribution in [0.15, 0.2) is 18.2 Å². The molecule has 110 valence electrons. The highest BCUT2D eigenvalue weighted by molar-refractivity contribution is 5.94. The zero-order valence-corrected chi connectivity index (χ0v) is 12.2. The van der Waals surface area contributed by atoms with E-state index >= 15 is 0 Å². The highest BCUT2D eigenvalue weighted by atomic mass is 19.1. The monoisotopic (exact) mass is 278 g/mol. The zero-order valence-electron chi connectivity index (χ0n) is 12.2. The smallest absolute Gasteiger partial charge is 0.254 e. The molecular weight excluding hydrogens is 255 g/mol. The lowest BCUT2D eigenvalue weighted by atomic mass is 10.0. The van der Waals surface area contributed by atoms with Crippen molar-refractivity contribution in [1.82, 2.24) is 4.90 Å². The van der Waals surface area contributed by atoms with Gasteiger partial charge >= 0.3 is 0 Å². The Morgan fingerprint density at radius 2 is 2.15 bits per heavy atom. The van der Waals surface area contributed by atoms with Gasteiger partial charge in [0.05, 0.1) is 0 Å². The molecule has 1 saturated carbocycles. The van der Waals surface area contributed by atoms with Gasteiger partial charge in [0.1, 0.15) is 5.82 Å². The number of hydrogen-bond donors (Lipinski definition) is 1. The molecule has 1 fully saturated rings. The van der Waals surface area contributed by atoms with Crippen LogP contribution >= 0.6 is 0 Å². The number of benzene rings is 1. The summed E-state index contributed by atoms with van der Waals surface area (Å²) in [5.74, 6) is -0.0693. The third-order valence-electron chi connectivity index (χ3n) is 4.21. The lowest BCUT2D eigenvalue weighted by molar-refractivity contribution is 0.0651. The quantitative estimate of drug-likeness (QED) is 0.920. The number of nitrogens with two attached hydrogens (primary N) is 1. The van der Waals surface area contributed by atoms with Gasteiger partial charge in [-0.05, 0) is 62.9 Å². The summed E-state index contributed by atoms with van der Waals surface area (Å²) in [7, 11) is 0. The number of halogens is 1. The molecule has 1 aromatic carbocycles. The van der Waals surface area contributed by atoms with Crippen molar-refractivity contribution in [2.45, 2.75) is 39.2 Å². The molecule has 0 aliphatic heterocycles. The number of carbonyl (C=O) groups is 1. The lowest BCUT2D eigenvalue weighted by Crippen LogP contribution is -2.44. The van der Waals surface area contributed by atoms with Crippen molar-refractivity contribution in [2.75, 3.05) is 13.1 Å². The first-order valence-electron chi connectivity index (χ1n) is 7.35. The molecule has 2 rings (SSSR count). The minimum atomic E-state index is -0.355. The van der Waals surface area contributed by atoms with E-state index in [9.17, 15) is 9.18 Å². The summed E-state index contributed by atoms with van der Waals surface area (Å²) < 4.78 is 13.5. The lowest BCUT2D eigenvalue weighted by Gasteiger charge is -2.32. The predicted octanol–water partition coefficient (Wildman–Crippen LogP) is 2.72. The average Bonchev–Trinajstić information content (AvgIpc) is 2.86. The van der Waals surface area contributed by atoms with Crippen molar-refractivity contribution in [3.8, 4) is 0 Å². The number of carbonyl (C=O) groups excluding carboxylic acids is 1. The maximum Gasteiger partial charge on any atom is 0.254 e. The molecule has 1 aliphatic rings. The van der Waals surface area contributed by atoms with E-state index in [2.05, 4.69) is 0 Å². The molecule has 0 aromatic heterocycles. The molecule has 1 aromatic rings. The molecule has 0 radical (unpaired) electrons. The molecule has 4 heteroatoms. The molecule has 2 N–H and O–H groups in total. The van der Waals surface area contributed by atoms with E-state index in [1.165, 1.54) is 12.1 Å². The van der Waals surface area contributed by atoms with Crippen LogP contribution in [0.2, 0.25) is 0 Å². The Balaban J connectivity index is 2.24. The van der Waals surface area contributed by atoms with Crippen molar-refractivity contribution in [1.29, 1.82) is 0 Å². The third-order valence-corrected chi connectivity index (χ3v) is 4.21. The summed E-state index contributed by atoms with van der Waals surface area (Å²) in [6.45, 7) is 5.01. The third kappa shape index (κ3) is 3.01. The number of nitrogens with zero attached hydrogens (tertiary/aromatic N) is 1. The Bertz CT molecular complexity index is 469. The second-order valence-corrected chi connectivity index (χ2v) is 5.60. The maximum absolute atomic E-state index is 13.5. The van der Waals surface area contributed by atoms with Crippen LogP contribution in [0.25, 0.3) is 0 Å². The number of amides is 1. The summed E-state index contributed by atoms with van der Waals surface area (Å²) >= 11 is 0. The van der Waals surface area contributed by atoms with Gasteiger partial charge in [0.15, 0.2) is 0 Å². The van der Waals surface area contributed by atoms with Crippen LogP contribution in [0.3, 0.4) is 0 Å². The van der Waals surface area contributed by atoms with Gasteiger partial charge in [0.25, 0.3) is 5.91 Å². The maximum atomic E-state index is 13.5. The van der Waals surface area contributed by atoms with Gasteiger partial charge in [0, 0.05) is 18.2 Å². The van der Waals surface area contributed by atoms with Gasteiger partial charge in [-0.25, -0.2) is 4.39 Å². The number of hydrogen-bond acceptors (Lipinski definition) is 2. The van der Waals surface area contributed by atoms with Gasteiger partial charge in [-0.2, -0.15) is 0 Å². The Labute approximate surface area is 120 Å². The molecule has 1 aliphatic carbocycles. The Morgan fingerprint density at radius 3 is 2.75 bits per heavy atom. The highest BCUT2D eigenvalue weighted by Crippen LogP contribution is 2.30. The predicted molar refractivity (Wildman–Crippen MR) is 78.0 cm³/mol. The number of rotatable bonds is 4. The summed E-state index contributed by atoms with van der Waals surface area (Å²) in [5.41, 5.74) is 7.01. The molecule has 2 unspecified atom stereocenters. The van der Waals surface area contributed by atoms with Crippen molar-refractivity contribution >= 4 is 5.91 Å². The summed E-state index contributed by atoms with van der Waals surface area (Å²) in [6.07, 6.45) is 3.18. The van der Waals surface area contributed by atoms with Gasteiger partial charge in [-0.15, -0.1) is 0 Å². The van der Waals surface area contributed by atoms with Gasteiger partial charge < -0.3 is 10.6 Å². The fraction of sp³-hybridized carbons (Fsp3) is 0.562. The summed E-state index contributed by atoms with van der Waals surface area (Å²) in [4.78, 5) is 14.5.